The standard InChI is InChI=1S/C13H13BrFN3O/c1-2-9-6-10(18-17-9)7-16-13(19)11-5-8(14)3-4-12(11)15/h3-6H,2,7H2,1H3,(H,16,19)(H,17,18). The van der Waals surface area contributed by atoms with Gasteiger partial charge in [0.05, 0.1) is 23.5 Å². The molecule has 2 rings (SSSR count). The van der Waals surface area contributed by atoms with Crippen molar-refractivity contribution in [3.63, 3.8) is 0 Å². The molecule has 1 aromatic heterocycles. The third-order valence-corrected chi connectivity index (χ3v) is 3.15. The predicted octanol–water partition coefficient (Wildman–Crippen LogP) is 2.80. The van der Waals surface area contributed by atoms with Crippen molar-refractivity contribution in [2.75, 3.05) is 0 Å². The van der Waals surface area contributed by atoms with Crippen LogP contribution in [0.2, 0.25) is 0 Å². The van der Waals surface area contributed by atoms with Crippen LogP contribution in [0, 0.1) is 5.82 Å². The second kappa shape index (κ2) is 5.97. The summed E-state index contributed by atoms with van der Waals surface area (Å²) in [5, 5.41) is 9.53. The fourth-order valence-electron chi connectivity index (χ4n) is 1.62. The van der Waals surface area contributed by atoms with Crippen LogP contribution >= 0.6 is 15.9 Å². The maximum Gasteiger partial charge on any atom is 0.254 e. The van der Waals surface area contributed by atoms with Crippen LogP contribution in [0.25, 0.3) is 0 Å². The molecular formula is C13H13BrFN3O. The van der Waals surface area contributed by atoms with Gasteiger partial charge in [-0.15, -0.1) is 0 Å². The molecular weight excluding hydrogens is 313 g/mol. The van der Waals surface area contributed by atoms with Crippen molar-refractivity contribution in [3.05, 3.63) is 51.5 Å². The van der Waals surface area contributed by atoms with Gasteiger partial charge in [0.1, 0.15) is 5.82 Å². The average Bonchev–Trinajstić information content (AvgIpc) is 2.87. The fourth-order valence-corrected chi connectivity index (χ4v) is 1.98. The summed E-state index contributed by atoms with van der Waals surface area (Å²) >= 11 is 3.21. The van der Waals surface area contributed by atoms with Crippen LogP contribution in [0.1, 0.15) is 28.7 Å². The van der Waals surface area contributed by atoms with Crippen LogP contribution in [-0.4, -0.2) is 16.1 Å². The van der Waals surface area contributed by atoms with E-state index in [1.54, 1.807) is 6.07 Å². The molecule has 0 spiro atoms. The van der Waals surface area contributed by atoms with Gasteiger partial charge in [0, 0.05) is 4.47 Å². The number of rotatable bonds is 4. The number of hydrogen-bond acceptors (Lipinski definition) is 2. The highest BCUT2D eigenvalue weighted by molar-refractivity contribution is 9.10. The normalized spacial score (nSPS) is 10.5. The van der Waals surface area contributed by atoms with Crippen molar-refractivity contribution in [1.29, 1.82) is 0 Å². The van der Waals surface area contributed by atoms with E-state index in [1.807, 2.05) is 13.0 Å². The molecule has 0 aliphatic rings. The van der Waals surface area contributed by atoms with Gasteiger partial charge >= 0.3 is 0 Å². The first-order valence-corrected chi connectivity index (χ1v) is 6.66. The van der Waals surface area contributed by atoms with Gasteiger partial charge in [0.25, 0.3) is 5.91 Å². The first-order chi connectivity index (χ1) is 9.10. The van der Waals surface area contributed by atoms with Gasteiger partial charge < -0.3 is 5.32 Å². The lowest BCUT2D eigenvalue weighted by Crippen LogP contribution is -2.24. The van der Waals surface area contributed by atoms with Crippen molar-refractivity contribution >= 4 is 21.8 Å². The molecule has 19 heavy (non-hydrogen) atoms. The van der Waals surface area contributed by atoms with Crippen molar-refractivity contribution in [3.8, 4) is 0 Å². The highest BCUT2D eigenvalue weighted by Gasteiger charge is 2.12. The van der Waals surface area contributed by atoms with Crippen molar-refractivity contribution < 1.29 is 9.18 Å². The van der Waals surface area contributed by atoms with E-state index in [0.717, 1.165) is 17.8 Å². The number of aryl methyl sites for hydroxylation is 1. The summed E-state index contributed by atoms with van der Waals surface area (Å²) in [6, 6.07) is 6.13. The number of halogens is 2. The smallest absolute Gasteiger partial charge is 0.254 e. The molecule has 0 saturated heterocycles. The molecule has 0 bridgehead atoms. The zero-order valence-corrected chi connectivity index (χ0v) is 11.9. The molecule has 1 aromatic carbocycles. The topological polar surface area (TPSA) is 57.8 Å². The van der Waals surface area contributed by atoms with Crippen LogP contribution in [0.4, 0.5) is 4.39 Å². The predicted molar refractivity (Wildman–Crippen MR) is 73.2 cm³/mol. The molecule has 2 N–H and O–H groups in total. The van der Waals surface area contributed by atoms with Crippen LogP contribution in [0.3, 0.4) is 0 Å². The van der Waals surface area contributed by atoms with Crippen LogP contribution in [-0.2, 0) is 13.0 Å². The molecule has 0 saturated carbocycles. The number of nitrogens with zero attached hydrogens (tertiary/aromatic N) is 1. The number of aromatic nitrogens is 2. The molecule has 0 unspecified atom stereocenters. The van der Waals surface area contributed by atoms with E-state index in [9.17, 15) is 9.18 Å². The molecule has 6 heteroatoms. The summed E-state index contributed by atoms with van der Waals surface area (Å²) < 4.78 is 14.2. The van der Waals surface area contributed by atoms with Crippen LogP contribution in [0.15, 0.2) is 28.7 Å². The lowest BCUT2D eigenvalue weighted by atomic mass is 10.2. The quantitative estimate of drug-likeness (QED) is 0.908. The van der Waals surface area contributed by atoms with Gasteiger partial charge in [-0.05, 0) is 30.7 Å². The van der Waals surface area contributed by atoms with E-state index in [4.69, 9.17) is 0 Å². The molecule has 0 aliphatic carbocycles. The van der Waals surface area contributed by atoms with Gasteiger partial charge in [-0.3, -0.25) is 9.89 Å². The monoisotopic (exact) mass is 325 g/mol. The summed E-state index contributed by atoms with van der Waals surface area (Å²) in [4.78, 5) is 11.9. The number of hydrogen-bond donors (Lipinski definition) is 2. The number of nitrogens with one attached hydrogen (secondary N) is 2. The number of H-pyrrole nitrogens is 1. The summed E-state index contributed by atoms with van der Waals surface area (Å²) in [6.45, 7) is 2.28. The molecule has 4 nitrogen and oxygen atoms in total. The Hall–Kier alpha value is -1.69. The zero-order chi connectivity index (χ0) is 13.8. The van der Waals surface area contributed by atoms with E-state index in [1.165, 1.54) is 12.1 Å². The van der Waals surface area contributed by atoms with E-state index >= 15 is 0 Å². The lowest BCUT2D eigenvalue weighted by Gasteiger charge is -2.05. The molecule has 1 heterocycles. The number of carbonyl (C=O) groups is 1. The highest BCUT2D eigenvalue weighted by atomic mass is 79.9. The van der Waals surface area contributed by atoms with E-state index < -0.39 is 11.7 Å². The summed E-state index contributed by atoms with van der Waals surface area (Å²) in [5.41, 5.74) is 1.74. The summed E-state index contributed by atoms with van der Waals surface area (Å²) in [7, 11) is 0. The van der Waals surface area contributed by atoms with Crippen molar-refractivity contribution in [2.24, 2.45) is 0 Å². The van der Waals surface area contributed by atoms with Gasteiger partial charge in [-0.2, -0.15) is 5.10 Å². The van der Waals surface area contributed by atoms with Crippen LogP contribution in [0.5, 0.6) is 0 Å². The summed E-state index contributed by atoms with van der Waals surface area (Å²) in [6.07, 6.45) is 0.824. The van der Waals surface area contributed by atoms with E-state index in [-0.39, 0.29) is 12.1 Å². The molecule has 0 fully saturated rings. The Kier molecular flexibility index (Phi) is 4.31. The first-order valence-electron chi connectivity index (χ1n) is 5.86. The second-order valence-corrected chi connectivity index (χ2v) is 4.96. The van der Waals surface area contributed by atoms with Crippen molar-refractivity contribution in [2.45, 2.75) is 19.9 Å². The number of amides is 1. The molecule has 100 valence electrons. The Bertz CT molecular complexity index is 597. The maximum absolute atomic E-state index is 13.5. The number of carbonyl (C=O) groups excluding carboxylic acids is 1. The number of benzene rings is 1. The average molecular weight is 326 g/mol. The maximum atomic E-state index is 13.5. The largest absolute Gasteiger partial charge is 0.346 e. The lowest BCUT2D eigenvalue weighted by molar-refractivity contribution is 0.0946. The van der Waals surface area contributed by atoms with Gasteiger partial charge in [-0.25, -0.2) is 4.39 Å². The van der Waals surface area contributed by atoms with Crippen LogP contribution < -0.4 is 5.32 Å². The van der Waals surface area contributed by atoms with E-state index in [2.05, 4.69) is 31.4 Å². The zero-order valence-electron chi connectivity index (χ0n) is 10.3. The minimum absolute atomic E-state index is 0.0182. The Balaban J connectivity index is 2.03. The minimum Gasteiger partial charge on any atom is -0.346 e. The van der Waals surface area contributed by atoms with Crippen molar-refractivity contribution in [1.82, 2.24) is 15.5 Å². The molecule has 1 amide bonds. The third kappa shape index (κ3) is 3.41. The summed E-state index contributed by atoms with van der Waals surface area (Å²) in [5.74, 6) is -0.994. The van der Waals surface area contributed by atoms with Gasteiger partial charge in [0.15, 0.2) is 0 Å². The Morgan fingerprint density at radius 3 is 2.95 bits per heavy atom. The highest BCUT2D eigenvalue weighted by Crippen LogP contribution is 2.15. The molecule has 0 radical (unpaired) electrons. The third-order valence-electron chi connectivity index (χ3n) is 2.66. The fraction of sp³-hybridized carbons (Fsp3) is 0.231. The molecule has 0 aliphatic heterocycles. The molecule has 0 atom stereocenters. The first kappa shape index (κ1) is 13.7. The second-order valence-electron chi connectivity index (χ2n) is 4.04. The van der Waals surface area contributed by atoms with E-state index in [0.29, 0.717) is 4.47 Å². The number of aromatic amines is 1. The SMILES string of the molecule is CCc1cc(CNC(=O)c2cc(Br)ccc2F)[nH]n1. The molecule has 2 aromatic rings. The minimum atomic E-state index is -0.542. The Morgan fingerprint density at radius 2 is 2.26 bits per heavy atom. The van der Waals surface area contributed by atoms with Gasteiger partial charge in [0.2, 0.25) is 0 Å². The Labute approximate surface area is 118 Å². The Morgan fingerprint density at radius 1 is 1.47 bits per heavy atom. The van der Waals surface area contributed by atoms with Gasteiger partial charge in [-0.1, -0.05) is 22.9 Å².